The Bertz CT molecular complexity index is 761. The highest BCUT2D eigenvalue weighted by molar-refractivity contribution is 5.78. The zero-order valence-electron chi connectivity index (χ0n) is 11.5. The van der Waals surface area contributed by atoms with Crippen LogP contribution in [0.5, 0.6) is 0 Å². The van der Waals surface area contributed by atoms with Gasteiger partial charge in [-0.05, 0) is 41.8 Å². The van der Waals surface area contributed by atoms with E-state index in [0.717, 1.165) is 11.2 Å². The van der Waals surface area contributed by atoms with Crippen molar-refractivity contribution in [3.05, 3.63) is 79.3 Å². The molecular weight excluding hydrogens is 244 g/mol. The standard InChI is InChI=1S/C18H16N2/c1-3-14(4-2)15-7-5-8-16(11-15)17-12-18-19-9-6-10-20(18)13-17/h3-13H,1H2,2H3/b14-4+. The fourth-order valence-electron chi connectivity index (χ4n) is 2.38. The van der Waals surface area contributed by atoms with E-state index in [9.17, 15) is 0 Å². The van der Waals surface area contributed by atoms with Gasteiger partial charge in [0.2, 0.25) is 0 Å². The molecule has 0 atom stereocenters. The van der Waals surface area contributed by atoms with Crippen molar-refractivity contribution < 1.29 is 0 Å². The molecule has 1 aromatic carbocycles. The zero-order valence-corrected chi connectivity index (χ0v) is 11.5. The van der Waals surface area contributed by atoms with E-state index in [1.165, 1.54) is 16.7 Å². The lowest BCUT2D eigenvalue weighted by atomic mass is 10.0. The Morgan fingerprint density at radius 2 is 2.10 bits per heavy atom. The number of hydrogen-bond acceptors (Lipinski definition) is 1. The topological polar surface area (TPSA) is 17.3 Å². The first kappa shape index (κ1) is 12.4. The highest BCUT2D eigenvalue weighted by atomic mass is 14.9. The first-order valence-electron chi connectivity index (χ1n) is 6.64. The van der Waals surface area contributed by atoms with Crippen molar-refractivity contribution in [3.63, 3.8) is 0 Å². The number of hydrogen-bond donors (Lipinski definition) is 0. The molecule has 0 radical (unpaired) electrons. The maximum absolute atomic E-state index is 4.35. The Morgan fingerprint density at radius 1 is 1.20 bits per heavy atom. The molecule has 0 saturated heterocycles. The minimum absolute atomic E-state index is 0.961. The fourth-order valence-corrected chi connectivity index (χ4v) is 2.38. The number of rotatable bonds is 3. The second-order valence-corrected chi connectivity index (χ2v) is 4.64. The van der Waals surface area contributed by atoms with Crippen LogP contribution in [0.15, 0.2) is 73.7 Å². The van der Waals surface area contributed by atoms with Gasteiger partial charge in [-0.2, -0.15) is 0 Å². The molecule has 0 bridgehead atoms. The highest BCUT2D eigenvalue weighted by Gasteiger charge is 2.04. The Balaban J connectivity index is 2.10. The van der Waals surface area contributed by atoms with E-state index in [4.69, 9.17) is 0 Å². The van der Waals surface area contributed by atoms with E-state index in [1.54, 1.807) is 0 Å². The number of aromatic nitrogens is 2. The average Bonchev–Trinajstić information content (AvgIpc) is 2.93. The van der Waals surface area contributed by atoms with Gasteiger partial charge in [-0.25, -0.2) is 4.98 Å². The van der Waals surface area contributed by atoms with Crippen LogP contribution in [0, 0.1) is 0 Å². The molecule has 2 aromatic heterocycles. The third-order valence-electron chi connectivity index (χ3n) is 3.43. The summed E-state index contributed by atoms with van der Waals surface area (Å²) in [6, 6.07) is 12.5. The molecule has 0 spiro atoms. The fraction of sp³-hybridized carbons (Fsp3) is 0.0556. The van der Waals surface area contributed by atoms with Crippen LogP contribution in [0.3, 0.4) is 0 Å². The lowest BCUT2D eigenvalue weighted by Crippen LogP contribution is -1.82. The lowest BCUT2D eigenvalue weighted by Gasteiger charge is -2.04. The monoisotopic (exact) mass is 260 g/mol. The summed E-state index contributed by atoms with van der Waals surface area (Å²) in [5.41, 5.74) is 5.65. The van der Waals surface area contributed by atoms with E-state index >= 15 is 0 Å². The van der Waals surface area contributed by atoms with Gasteiger partial charge in [0.25, 0.3) is 0 Å². The molecule has 0 aliphatic carbocycles. The molecule has 0 saturated carbocycles. The third kappa shape index (κ3) is 2.16. The normalized spacial score (nSPS) is 11.8. The summed E-state index contributed by atoms with van der Waals surface area (Å²) in [7, 11) is 0. The minimum atomic E-state index is 0.961. The molecule has 0 N–H and O–H groups in total. The van der Waals surface area contributed by atoms with E-state index < -0.39 is 0 Å². The lowest BCUT2D eigenvalue weighted by molar-refractivity contribution is 1.13. The van der Waals surface area contributed by atoms with Gasteiger partial charge < -0.3 is 4.40 Å². The Morgan fingerprint density at radius 3 is 2.85 bits per heavy atom. The quantitative estimate of drug-likeness (QED) is 0.629. The van der Waals surface area contributed by atoms with Crippen molar-refractivity contribution in [2.75, 3.05) is 0 Å². The molecule has 3 rings (SSSR count). The van der Waals surface area contributed by atoms with Gasteiger partial charge in [0.15, 0.2) is 0 Å². The van der Waals surface area contributed by atoms with Crippen LogP contribution in [0.1, 0.15) is 12.5 Å². The van der Waals surface area contributed by atoms with Crippen LogP contribution in [0.2, 0.25) is 0 Å². The predicted molar refractivity (Wildman–Crippen MR) is 84.5 cm³/mol. The van der Waals surface area contributed by atoms with E-state index in [2.05, 4.69) is 54.2 Å². The van der Waals surface area contributed by atoms with Crippen molar-refractivity contribution in [3.8, 4) is 11.1 Å². The average molecular weight is 260 g/mol. The largest absolute Gasteiger partial charge is 0.308 e. The maximum Gasteiger partial charge on any atom is 0.137 e. The Kier molecular flexibility index (Phi) is 3.21. The van der Waals surface area contributed by atoms with Gasteiger partial charge in [0, 0.05) is 24.2 Å². The van der Waals surface area contributed by atoms with Gasteiger partial charge in [0.1, 0.15) is 5.65 Å². The predicted octanol–water partition coefficient (Wildman–Crippen LogP) is 4.59. The number of fused-ring (bicyclic) bond motifs is 1. The highest BCUT2D eigenvalue weighted by Crippen LogP contribution is 2.25. The maximum atomic E-state index is 4.35. The van der Waals surface area contributed by atoms with E-state index in [-0.39, 0.29) is 0 Å². The van der Waals surface area contributed by atoms with Crippen LogP contribution in [-0.4, -0.2) is 9.38 Å². The van der Waals surface area contributed by atoms with Crippen molar-refractivity contribution >= 4 is 11.2 Å². The van der Waals surface area contributed by atoms with E-state index in [0.29, 0.717) is 0 Å². The van der Waals surface area contributed by atoms with Crippen LogP contribution in [-0.2, 0) is 0 Å². The van der Waals surface area contributed by atoms with Crippen molar-refractivity contribution in [2.24, 2.45) is 0 Å². The Hall–Kier alpha value is -2.61. The molecule has 0 aliphatic rings. The van der Waals surface area contributed by atoms with Crippen molar-refractivity contribution in [1.82, 2.24) is 9.38 Å². The first-order valence-corrected chi connectivity index (χ1v) is 6.64. The van der Waals surface area contributed by atoms with Crippen LogP contribution >= 0.6 is 0 Å². The molecule has 0 aliphatic heterocycles. The summed E-state index contributed by atoms with van der Waals surface area (Å²) in [5.74, 6) is 0. The van der Waals surface area contributed by atoms with Crippen LogP contribution in [0.4, 0.5) is 0 Å². The van der Waals surface area contributed by atoms with Crippen molar-refractivity contribution in [2.45, 2.75) is 6.92 Å². The SMILES string of the molecule is C=C/C(=C\C)c1cccc(-c2cc3ncccn3c2)c1. The second-order valence-electron chi connectivity index (χ2n) is 4.64. The summed E-state index contributed by atoms with van der Waals surface area (Å²) in [4.78, 5) is 4.35. The molecule has 2 nitrogen and oxygen atoms in total. The number of allylic oxidation sites excluding steroid dienone is 3. The summed E-state index contributed by atoms with van der Waals surface area (Å²) >= 11 is 0. The molecule has 3 aromatic rings. The van der Waals surface area contributed by atoms with Crippen LogP contribution < -0.4 is 0 Å². The first-order chi connectivity index (χ1) is 9.81. The number of nitrogens with zero attached hydrogens (tertiary/aromatic N) is 2. The van der Waals surface area contributed by atoms with Crippen molar-refractivity contribution in [1.29, 1.82) is 0 Å². The van der Waals surface area contributed by atoms with Gasteiger partial charge >= 0.3 is 0 Å². The summed E-state index contributed by atoms with van der Waals surface area (Å²) < 4.78 is 2.03. The summed E-state index contributed by atoms with van der Waals surface area (Å²) in [5, 5.41) is 0. The second kappa shape index (κ2) is 5.17. The van der Waals surface area contributed by atoms with E-state index in [1.807, 2.05) is 35.9 Å². The van der Waals surface area contributed by atoms with Gasteiger partial charge in [0.05, 0.1) is 0 Å². The molecular formula is C18H16N2. The molecule has 0 fully saturated rings. The molecule has 2 heterocycles. The summed E-state index contributed by atoms with van der Waals surface area (Å²) in [6.45, 7) is 5.89. The molecule has 0 amide bonds. The molecule has 0 unspecified atom stereocenters. The zero-order chi connectivity index (χ0) is 13.9. The molecule has 98 valence electrons. The van der Waals surface area contributed by atoms with Crippen LogP contribution in [0.25, 0.3) is 22.3 Å². The van der Waals surface area contributed by atoms with Gasteiger partial charge in [-0.3, -0.25) is 0 Å². The minimum Gasteiger partial charge on any atom is -0.308 e. The smallest absolute Gasteiger partial charge is 0.137 e. The summed E-state index contributed by atoms with van der Waals surface area (Å²) in [6.07, 6.45) is 9.88. The number of benzene rings is 1. The van der Waals surface area contributed by atoms with Gasteiger partial charge in [-0.1, -0.05) is 36.9 Å². The molecule has 20 heavy (non-hydrogen) atoms. The molecule has 2 heteroatoms. The Labute approximate surface area is 118 Å². The van der Waals surface area contributed by atoms with Gasteiger partial charge in [-0.15, -0.1) is 0 Å². The third-order valence-corrected chi connectivity index (χ3v) is 3.43.